The van der Waals surface area contributed by atoms with Gasteiger partial charge in [-0.05, 0) is 24.3 Å². The van der Waals surface area contributed by atoms with Crippen LogP contribution in [0.2, 0.25) is 0 Å². The van der Waals surface area contributed by atoms with E-state index in [1.807, 2.05) is 25.1 Å². The van der Waals surface area contributed by atoms with Crippen LogP contribution in [0.15, 0.2) is 71.8 Å². The molecule has 166 valence electrons. The molecule has 0 aliphatic rings. The van der Waals surface area contributed by atoms with Crippen molar-refractivity contribution in [2.24, 2.45) is 0 Å². The van der Waals surface area contributed by atoms with Crippen molar-refractivity contribution in [1.82, 2.24) is 10.3 Å². The molecule has 1 aromatic heterocycles. The molecular formula is C21H21N5O5S. The normalized spacial score (nSPS) is 10.9. The Morgan fingerprint density at radius 3 is 2.56 bits per heavy atom. The summed E-state index contributed by atoms with van der Waals surface area (Å²) < 4.78 is 27.9. The molecule has 1 heterocycles. The highest BCUT2D eigenvalue weighted by atomic mass is 32.2. The SMILES string of the molecule is CN(C)c1ncccc1CNC(=O)c1ccccc1NS(=O)(=O)c1cccc([N+](=O)[O-])c1. The van der Waals surface area contributed by atoms with Gasteiger partial charge in [-0.3, -0.25) is 19.6 Å². The summed E-state index contributed by atoms with van der Waals surface area (Å²) in [7, 11) is -0.484. The van der Waals surface area contributed by atoms with Gasteiger partial charge in [0.1, 0.15) is 5.82 Å². The van der Waals surface area contributed by atoms with Gasteiger partial charge in [-0.1, -0.05) is 24.3 Å². The number of carbonyl (C=O) groups is 1. The number of nitro groups is 1. The zero-order valence-electron chi connectivity index (χ0n) is 17.3. The second-order valence-corrected chi connectivity index (χ2v) is 8.65. The largest absolute Gasteiger partial charge is 0.362 e. The number of hydrogen-bond acceptors (Lipinski definition) is 7. The van der Waals surface area contributed by atoms with E-state index in [2.05, 4.69) is 15.0 Å². The molecule has 0 saturated heterocycles. The Kier molecular flexibility index (Phi) is 6.69. The molecule has 2 N–H and O–H groups in total. The van der Waals surface area contributed by atoms with Crippen LogP contribution in [-0.4, -0.2) is 38.3 Å². The number of nitrogens with zero attached hydrogens (tertiary/aromatic N) is 3. The fourth-order valence-corrected chi connectivity index (χ4v) is 4.10. The molecule has 0 saturated carbocycles. The first-order valence-electron chi connectivity index (χ1n) is 9.45. The van der Waals surface area contributed by atoms with Gasteiger partial charge in [-0.2, -0.15) is 0 Å². The maximum atomic E-state index is 12.8. The molecule has 0 fully saturated rings. The van der Waals surface area contributed by atoms with Gasteiger partial charge in [-0.25, -0.2) is 13.4 Å². The minimum absolute atomic E-state index is 0.0514. The van der Waals surface area contributed by atoms with Crippen molar-refractivity contribution in [2.45, 2.75) is 11.4 Å². The van der Waals surface area contributed by atoms with Crippen LogP contribution in [0.3, 0.4) is 0 Å². The Bertz CT molecular complexity index is 1260. The highest BCUT2D eigenvalue weighted by Gasteiger charge is 2.21. The molecule has 0 bridgehead atoms. The van der Waals surface area contributed by atoms with Gasteiger partial charge in [-0.15, -0.1) is 0 Å². The highest BCUT2D eigenvalue weighted by Crippen LogP contribution is 2.23. The predicted molar refractivity (Wildman–Crippen MR) is 120 cm³/mol. The van der Waals surface area contributed by atoms with E-state index in [-0.39, 0.29) is 28.4 Å². The summed E-state index contributed by atoms with van der Waals surface area (Å²) >= 11 is 0. The van der Waals surface area contributed by atoms with E-state index < -0.39 is 20.9 Å². The minimum Gasteiger partial charge on any atom is -0.362 e. The molecule has 0 atom stereocenters. The third-order valence-corrected chi connectivity index (χ3v) is 5.85. The highest BCUT2D eigenvalue weighted by molar-refractivity contribution is 7.92. The molecule has 0 radical (unpaired) electrons. The van der Waals surface area contributed by atoms with Crippen molar-refractivity contribution < 1.29 is 18.1 Å². The van der Waals surface area contributed by atoms with Crippen LogP contribution in [0.4, 0.5) is 17.2 Å². The fourth-order valence-electron chi connectivity index (χ4n) is 2.98. The van der Waals surface area contributed by atoms with Gasteiger partial charge in [0.2, 0.25) is 0 Å². The van der Waals surface area contributed by atoms with Crippen LogP contribution in [-0.2, 0) is 16.6 Å². The number of carbonyl (C=O) groups excluding carboxylic acids is 1. The number of benzene rings is 2. The third kappa shape index (κ3) is 5.19. The second-order valence-electron chi connectivity index (χ2n) is 6.97. The predicted octanol–water partition coefficient (Wildman–Crippen LogP) is 2.79. The van der Waals surface area contributed by atoms with E-state index in [4.69, 9.17) is 0 Å². The number of hydrogen-bond donors (Lipinski definition) is 2. The summed E-state index contributed by atoms with van der Waals surface area (Å²) in [5.74, 6) is 0.211. The lowest BCUT2D eigenvalue weighted by atomic mass is 10.1. The van der Waals surface area contributed by atoms with Crippen molar-refractivity contribution in [3.8, 4) is 0 Å². The number of nitrogens with one attached hydrogen (secondary N) is 2. The number of nitro benzene ring substituents is 1. The standard InChI is InChI=1S/C21H21N5O5S/c1-25(2)20-15(7-6-12-22-20)14-23-21(27)18-10-3-4-11-19(18)24-32(30,31)17-9-5-8-16(13-17)26(28)29/h3-13,24H,14H2,1-2H3,(H,23,27). The number of amides is 1. The van der Waals surface area contributed by atoms with Crippen molar-refractivity contribution in [1.29, 1.82) is 0 Å². The van der Waals surface area contributed by atoms with E-state index in [1.54, 1.807) is 24.4 Å². The molecule has 32 heavy (non-hydrogen) atoms. The van der Waals surface area contributed by atoms with E-state index in [0.29, 0.717) is 5.82 Å². The summed E-state index contributed by atoms with van der Waals surface area (Å²) in [5.41, 5.74) is 0.597. The maximum absolute atomic E-state index is 12.8. The molecule has 1 amide bonds. The molecule has 11 heteroatoms. The zero-order valence-corrected chi connectivity index (χ0v) is 18.2. The van der Waals surface area contributed by atoms with Crippen LogP contribution in [0, 0.1) is 10.1 Å². The van der Waals surface area contributed by atoms with Crippen molar-refractivity contribution in [3.05, 3.63) is 88.1 Å². The molecule has 0 aliphatic heterocycles. The molecule has 10 nitrogen and oxygen atoms in total. The van der Waals surface area contributed by atoms with Gasteiger partial charge in [0.15, 0.2) is 0 Å². The van der Waals surface area contributed by atoms with Crippen LogP contribution in [0.5, 0.6) is 0 Å². The van der Waals surface area contributed by atoms with Gasteiger partial charge >= 0.3 is 0 Å². The number of anilines is 2. The molecule has 3 rings (SSSR count). The van der Waals surface area contributed by atoms with E-state index in [9.17, 15) is 23.3 Å². The molecular weight excluding hydrogens is 434 g/mol. The van der Waals surface area contributed by atoms with Crippen molar-refractivity contribution >= 4 is 33.1 Å². The Labute approximate surface area is 185 Å². The molecule has 0 unspecified atom stereocenters. The van der Waals surface area contributed by atoms with Crippen LogP contribution >= 0.6 is 0 Å². The Morgan fingerprint density at radius 1 is 1.09 bits per heavy atom. The van der Waals surface area contributed by atoms with E-state index in [0.717, 1.165) is 11.6 Å². The molecule has 0 aliphatic carbocycles. The average Bonchev–Trinajstić information content (AvgIpc) is 2.77. The van der Waals surface area contributed by atoms with Crippen LogP contribution in [0.1, 0.15) is 15.9 Å². The lowest BCUT2D eigenvalue weighted by molar-refractivity contribution is -0.385. The van der Waals surface area contributed by atoms with Crippen molar-refractivity contribution in [3.63, 3.8) is 0 Å². The molecule has 2 aromatic carbocycles. The number of sulfonamides is 1. The lowest BCUT2D eigenvalue weighted by Gasteiger charge is -2.17. The van der Waals surface area contributed by atoms with Crippen LogP contribution < -0.4 is 14.9 Å². The Balaban J connectivity index is 1.82. The number of pyridine rings is 1. The summed E-state index contributed by atoms with van der Waals surface area (Å²) in [5, 5.41) is 13.7. The first-order valence-corrected chi connectivity index (χ1v) is 10.9. The summed E-state index contributed by atoms with van der Waals surface area (Å²) in [4.78, 5) is 28.9. The first kappa shape index (κ1) is 22.7. The first-order chi connectivity index (χ1) is 15.2. The molecule has 0 spiro atoms. The summed E-state index contributed by atoms with van der Waals surface area (Å²) in [6.07, 6.45) is 1.65. The van der Waals surface area contributed by atoms with E-state index in [1.165, 1.54) is 30.3 Å². The Hall–Kier alpha value is -3.99. The summed E-state index contributed by atoms with van der Waals surface area (Å²) in [6, 6.07) is 14.4. The summed E-state index contributed by atoms with van der Waals surface area (Å²) in [6.45, 7) is 0.187. The smallest absolute Gasteiger partial charge is 0.270 e. The maximum Gasteiger partial charge on any atom is 0.270 e. The van der Waals surface area contributed by atoms with Crippen molar-refractivity contribution in [2.75, 3.05) is 23.7 Å². The topological polar surface area (TPSA) is 135 Å². The van der Waals surface area contributed by atoms with Gasteiger partial charge < -0.3 is 10.2 Å². The minimum atomic E-state index is -4.16. The monoisotopic (exact) mass is 455 g/mol. The second kappa shape index (κ2) is 9.43. The zero-order chi connectivity index (χ0) is 23.3. The average molecular weight is 455 g/mol. The van der Waals surface area contributed by atoms with Gasteiger partial charge in [0.05, 0.1) is 21.1 Å². The van der Waals surface area contributed by atoms with Gasteiger partial charge in [0.25, 0.3) is 21.6 Å². The lowest BCUT2D eigenvalue weighted by Crippen LogP contribution is -2.26. The number of aromatic nitrogens is 1. The Morgan fingerprint density at radius 2 is 1.84 bits per heavy atom. The van der Waals surface area contributed by atoms with E-state index >= 15 is 0 Å². The number of para-hydroxylation sites is 1. The number of non-ortho nitro benzene ring substituents is 1. The van der Waals surface area contributed by atoms with Crippen LogP contribution in [0.25, 0.3) is 0 Å². The third-order valence-electron chi connectivity index (χ3n) is 4.49. The van der Waals surface area contributed by atoms with Gasteiger partial charge in [0, 0.05) is 44.5 Å². The number of rotatable bonds is 8. The quantitative estimate of drug-likeness (QED) is 0.394. The fraction of sp³-hybridized carbons (Fsp3) is 0.143. The molecule has 3 aromatic rings.